The number of rotatable bonds is 28. The van der Waals surface area contributed by atoms with Crippen LogP contribution in [0.2, 0.25) is 0 Å². The van der Waals surface area contributed by atoms with Gasteiger partial charge in [0, 0.05) is 61.7 Å². The van der Waals surface area contributed by atoms with Gasteiger partial charge >= 0.3 is 18.1 Å². The highest BCUT2D eigenvalue weighted by Gasteiger charge is 2.63. The zero-order valence-corrected chi connectivity index (χ0v) is 63.4. The Hall–Kier alpha value is -9.79. The summed E-state index contributed by atoms with van der Waals surface area (Å²) in [4.78, 5) is 164. The molecule has 4 aliphatic carbocycles. The van der Waals surface area contributed by atoms with Gasteiger partial charge in [-0.1, -0.05) is 67.5 Å². The standard InChI is InChI=1S/C38H51N5O10S.C36H43N5O11S/c1-9-23-18-38(23,35(47)42-54(49,50)26-11-12-26)19-29(44)28-17-25(53-32-27-13-10-24(51-7)16-22(27)14-15-39-32)20-43(28)33(45)31(37(4,5)6)41-36(48)40-30(21(2)3)34(46)52-8;1-6-21-17-36(21,33(46)39-53(48,49)24-8-9-24)18-27(42)26-16-23(51-31-25-10-7-22(50-5)15-20(25)13-14-37-31)19-40(26)32(45)30(35(2,3)4)38-34(47)52-41-28(43)11-12-29(41)44/h9-10,13-16,21,23,25-26,28,30-31H,1,11-12,17-20H2,2-8H3,(H,42,47)(H2,40,41,48);6-7,10,13-15,21,23-24,26,30H,1,8-9,11-12,16-19H2,2-5H3,(H,38,47)(H,39,46)/t23-,25-,28+,30+,31-,38-;21-,23-,26+,30-,36-/m11/s1. The van der Waals surface area contributed by atoms with E-state index in [-0.39, 0.29) is 82.1 Å². The van der Waals surface area contributed by atoms with Crippen LogP contribution in [-0.2, 0) is 72.8 Å². The van der Waals surface area contributed by atoms with Crippen LogP contribution in [0.1, 0.15) is 132 Å². The van der Waals surface area contributed by atoms with Crippen molar-refractivity contribution in [1.82, 2.24) is 50.2 Å². The van der Waals surface area contributed by atoms with Gasteiger partial charge in [-0.05, 0) is 126 Å². The van der Waals surface area contributed by atoms with E-state index in [0.29, 0.717) is 53.0 Å². The van der Waals surface area contributed by atoms with Crippen molar-refractivity contribution in [3.8, 4) is 23.3 Å². The number of allylic oxidation sites excluding steroid dienone is 2. The Labute approximate surface area is 620 Å². The fraction of sp³-hybridized carbons (Fsp3) is 0.554. The van der Waals surface area contributed by atoms with Gasteiger partial charge in [-0.15, -0.1) is 18.2 Å². The fourth-order valence-corrected chi connectivity index (χ4v) is 16.7. The van der Waals surface area contributed by atoms with Gasteiger partial charge in [0.2, 0.25) is 55.4 Å². The van der Waals surface area contributed by atoms with Crippen LogP contribution in [0.15, 0.2) is 86.2 Å². The predicted molar refractivity (Wildman–Crippen MR) is 386 cm³/mol. The number of carbonyl (C=O) groups excluding carboxylic acids is 11. The molecule has 5 heterocycles. The number of carbonyl (C=O) groups is 11. The number of methoxy groups -OCH3 is 3. The highest BCUT2D eigenvalue weighted by molar-refractivity contribution is 7.91. The summed E-state index contributed by atoms with van der Waals surface area (Å²) in [5, 5.41) is 9.79. The SMILES string of the molecule is C=C[C@@H]1C[C@]1(CC(=O)[C@@H]1C[C@@H](Oc2nccc3cc(OC)ccc23)CN1C(=O)[C@@H](NC(=O)N[C@H](C(=O)OC)C(C)C)C(C)(C)C)C(=O)NS(=O)(=O)C1CC1.C=C[C@@H]1C[C@]1(CC(=O)[C@@H]1C[C@@H](Oc2nccc3cc(OC)ccc23)CN1C(=O)[C@@H](NC(=O)ON1C(=O)CCC1=O)C(C)(C)C)C(=O)NS(=O)(=O)C1CC1. The molecule has 578 valence electrons. The summed E-state index contributed by atoms with van der Waals surface area (Å²) in [6, 6.07) is 7.80. The van der Waals surface area contributed by atoms with Crippen LogP contribution < -0.4 is 44.3 Å². The fourth-order valence-electron chi connectivity index (χ4n) is 13.9. The number of pyridine rings is 2. The number of fused-ring (bicyclic) bond motifs is 2. The molecule has 2 aromatic carbocycles. The maximum absolute atomic E-state index is 14.6. The average Bonchev–Trinajstić information content (AvgIpc) is 1.58. The van der Waals surface area contributed by atoms with E-state index in [1.807, 2.05) is 12.1 Å². The molecule has 9 amide bonds. The van der Waals surface area contributed by atoms with Crippen LogP contribution in [0.25, 0.3) is 21.5 Å². The second-order valence-corrected chi connectivity index (χ2v) is 34.9. The molecule has 5 N–H and O–H groups in total. The maximum atomic E-state index is 14.6. The number of aromatic nitrogens is 2. The number of Topliss-reactive ketones (excluding diaryl/α,β-unsaturated/α-hetero) is 2. The third-order valence-electron chi connectivity index (χ3n) is 20.7. The lowest BCUT2D eigenvalue weighted by Crippen LogP contribution is -2.60. The first-order valence-electron chi connectivity index (χ1n) is 35.5. The van der Waals surface area contributed by atoms with Crippen LogP contribution in [0.5, 0.6) is 23.3 Å². The first-order valence-corrected chi connectivity index (χ1v) is 38.6. The molecular formula is C74H94N10O21S2. The lowest BCUT2D eigenvalue weighted by molar-refractivity contribution is -0.172. The summed E-state index contributed by atoms with van der Waals surface area (Å²) in [5.41, 5.74) is -4.56. The van der Waals surface area contributed by atoms with Crippen molar-refractivity contribution in [3.05, 3.63) is 86.2 Å². The molecule has 2 aromatic heterocycles. The molecule has 33 heteroatoms. The Morgan fingerprint density at radius 2 is 1.02 bits per heavy atom. The molecular weight excluding hydrogens is 1430 g/mol. The minimum Gasteiger partial charge on any atom is -0.497 e. The van der Waals surface area contributed by atoms with Gasteiger partial charge in [0.1, 0.15) is 41.8 Å². The summed E-state index contributed by atoms with van der Waals surface area (Å²) in [5.74, 6) is -5.26. The first kappa shape index (κ1) is 79.8. The molecule has 7 aliphatic rings. The third kappa shape index (κ3) is 17.8. The molecule has 0 spiro atoms. The van der Waals surface area contributed by atoms with E-state index in [9.17, 15) is 69.6 Å². The van der Waals surface area contributed by atoms with Gasteiger partial charge in [-0.25, -0.2) is 41.2 Å². The van der Waals surface area contributed by atoms with Gasteiger partial charge in [0.25, 0.3) is 11.8 Å². The Kier molecular flexibility index (Phi) is 23.3. The summed E-state index contributed by atoms with van der Waals surface area (Å²) in [6.45, 7) is 21.2. The van der Waals surface area contributed by atoms with Gasteiger partial charge < -0.3 is 54.3 Å². The van der Waals surface area contributed by atoms with Gasteiger partial charge in [-0.3, -0.25) is 47.8 Å². The Morgan fingerprint density at radius 3 is 1.37 bits per heavy atom. The van der Waals surface area contributed by atoms with Gasteiger partial charge in [-0.2, -0.15) is 0 Å². The second-order valence-electron chi connectivity index (χ2n) is 31.0. The average molecular weight is 1520 g/mol. The minimum atomic E-state index is -3.90. The molecule has 11 rings (SSSR count). The van der Waals surface area contributed by atoms with E-state index >= 15 is 0 Å². The Bertz CT molecular complexity index is 4460. The largest absolute Gasteiger partial charge is 0.497 e. The summed E-state index contributed by atoms with van der Waals surface area (Å²) in [6.07, 6.45) is 4.78. The lowest BCUT2D eigenvalue weighted by Gasteiger charge is -2.36. The van der Waals surface area contributed by atoms with Crippen molar-refractivity contribution in [2.75, 3.05) is 34.4 Å². The van der Waals surface area contributed by atoms with Crippen molar-refractivity contribution < 1.29 is 98.1 Å². The van der Waals surface area contributed by atoms with E-state index in [1.54, 1.807) is 118 Å². The molecule has 7 fully saturated rings. The summed E-state index contributed by atoms with van der Waals surface area (Å²) < 4.78 is 83.5. The zero-order chi connectivity index (χ0) is 78.2. The summed E-state index contributed by atoms with van der Waals surface area (Å²) in [7, 11) is -3.47. The number of hydroxylamine groups is 2. The number of urea groups is 1. The quantitative estimate of drug-likeness (QED) is 0.0254. The Balaban J connectivity index is 0.000000229. The third-order valence-corrected chi connectivity index (χ3v) is 24.4. The van der Waals surface area contributed by atoms with Crippen LogP contribution in [0, 0.1) is 39.4 Å². The highest BCUT2D eigenvalue weighted by Crippen LogP contribution is 2.58. The van der Waals surface area contributed by atoms with Crippen molar-refractivity contribution in [1.29, 1.82) is 0 Å². The number of likely N-dealkylation sites (tertiary alicyclic amines) is 2. The number of hydrogen-bond donors (Lipinski definition) is 5. The van der Waals surface area contributed by atoms with E-state index in [4.69, 9.17) is 28.5 Å². The molecule has 0 unspecified atom stereocenters. The number of nitrogens with one attached hydrogen (secondary N) is 5. The Morgan fingerprint density at radius 1 is 0.607 bits per heavy atom. The van der Waals surface area contributed by atoms with Crippen LogP contribution in [0.3, 0.4) is 0 Å². The number of esters is 1. The van der Waals surface area contributed by atoms with E-state index in [2.05, 4.69) is 48.5 Å². The highest BCUT2D eigenvalue weighted by atomic mass is 32.2. The first-order chi connectivity index (χ1) is 50.3. The number of nitrogens with zero attached hydrogens (tertiary/aromatic N) is 5. The van der Waals surface area contributed by atoms with Crippen molar-refractivity contribution in [3.63, 3.8) is 0 Å². The second kappa shape index (κ2) is 31.2. The van der Waals surface area contributed by atoms with Crippen LogP contribution >= 0.6 is 0 Å². The van der Waals surface area contributed by atoms with E-state index in [1.165, 1.54) is 29.1 Å². The summed E-state index contributed by atoms with van der Waals surface area (Å²) >= 11 is 0. The monoisotopic (exact) mass is 1520 g/mol. The molecule has 107 heavy (non-hydrogen) atoms. The molecule has 31 nitrogen and oxygen atoms in total. The topological polar surface area (TPSA) is 407 Å². The van der Waals surface area contributed by atoms with Crippen LogP contribution in [-0.4, -0.2) is 194 Å². The smallest absolute Gasteiger partial charge is 0.432 e. The van der Waals surface area contributed by atoms with Crippen molar-refractivity contribution in [2.45, 2.75) is 185 Å². The molecule has 3 aliphatic heterocycles. The number of ketones is 2. The zero-order valence-electron chi connectivity index (χ0n) is 61.8. The molecule has 0 radical (unpaired) electrons. The lowest BCUT2D eigenvalue weighted by atomic mass is 9.85. The maximum Gasteiger partial charge on any atom is 0.432 e. The van der Waals surface area contributed by atoms with Gasteiger partial charge in [0.05, 0.1) is 67.8 Å². The number of amides is 9. The number of ether oxygens (including phenoxy) is 5. The molecule has 3 saturated heterocycles. The molecule has 4 saturated carbocycles. The van der Waals surface area contributed by atoms with Crippen molar-refractivity contribution in [2.24, 2.45) is 39.4 Å². The number of sulfonamides is 2. The number of imide groups is 1. The van der Waals surface area contributed by atoms with Gasteiger partial charge in [0.15, 0.2) is 11.6 Å². The molecule has 0 bridgehead atoms. The molecule has 11 atom stereocenters. The van der Waals surface area contributed by atoms with E-state index < -0.39 is 172 Å². The van der Waals surface area contributed by atoms with Crippen molar-refractivity contribution >= 4 is 107 Å². The number of hydrogen-bond acceptors (Lipinski definition) is 23. The molecule has 4 aromatic rings. The van der Waals surface area contributed by atoms with E-state index in [0.717, 1.165) is 10.8 Å². The predicted octanol–water partition coefficient (Wildman–Crippen LogP) is 5.82. The normalized spacial score (nSPS) is 24.2. The number of benzene rings is 2. The van der Waals surface area contributed by atoms with Crippen LogP contribution in [0.4, 0.5) is 9.59 Å². The minimum absolute atomic E-state index is 0.00624.